The van der Waals surface area contributed by atoms with Crippen molar-refractivity contribution in [1.82, 2.24) is 0 Å². The summed E-state index contributed by atoms with van der Waals surface area (Å²) in [7, 11) is -1.87. The molecule has 4 rings (SSSR count). The highest BCUT2D eigenvalue weighted by Gasteiger charge is 2.62. The number of rotatable bonds is 3. The summed E-state index contributed by atoms with van der Waals surface area (Å²) in [6.45, 7) is 15.7. The van der Waals surface area contributed by atoms with Gasteiger partial charge in [-0.25, -0.2) is 0 Å². The van der Waals surface area contributed by atoms with E-state index in [0.29, 0.717) is 6.61 Å². The molecule has 2 saturated heterocycles. The van der Waals surface area contributed by atoms with Crippen LogP contribution in [0.15, 0.2) is 23.3 Å². The van der Waals surface area contributed by atoms with E-state index in [-0.39, 0.29) is 29.0 Å². The maximum absolute atomic E-state index is 6.62. The van der Waals surface area contributed by atoms with Crippen LogP contribution in [0.25, 0.3) is 0 Å². The minimum absolute atomic E-state index is 0.0360. The number of hydrogen-bond acceptors (Lipinski definition) is 4. The first kappa shape index (κ1) is 20.0. The zero-order chi connectivity index (χ0) is 20.4. The van der Waals surface area contributed by atoms with E-state index in [1.165, 1.54) is 0 Å². The summed E-state index contributed by atoms with van der Waals surface area (Å²) in [6.07, 6.45) is 4.57. The van der Waals surface area contributed by atoms with E-state index in [4.69, 9.17) is 18.6 Å². The first-order chi connectivity index (χ1) is 12.9. The Labute approximate surface area is 169 Å². The molecule has 2 aliphatic carbocycles. The molecule has 4 nitrogen and oxygen atoms in total. The van der Waals surface area contributed by atoms with Crippen LogP contribution in [0.4, 0.5) is 0 Å². The van der Waals surface area contributed by atoms with E-state index in [0.717, 1.165) is 17.6 Å². The molecule has 28 heavy (non-hydrogen) atoms. The minimum Gasteiger partial charge on any atom is -0.410 e. The Morgan fingerprint density at radius 1 is 1.18 bits per heavy atom. The Hall–Kier alpha value is -1.34. The second-order valence-corrected chi connectivity index (χ2v) is 14.8. The minimum atomic E-state index is -1.87. The monoisotopic (exact) mass is 398 g/mol. The van der Waals surface area contributed by atoms with Gasteiger partial charge >= 0.3 is 0 Å². The van der Waals surface area contributed by atoms with Gasteiger partial charge in [0.25, 0.3) is 0 Å². The maximum atomic E-state index is 6.62. The van der Waals surface area contributed by atoms with Gasteiger partial charge in [-0.2, -0.15) is 0 Å². The summed E-state index contributed by atoms with van der Waals surface area (Å²) in [4.78, 5) is 0. The van der Waals surface area contributed by atoms with Gasteiger partial charge in [0.1, 0.15) is 11.7 Å². The van der Waals surface area contributed by atoms with Gasteiger partial charge in [0.2, 0.25) is 0 Å². The molecule has 2 aliphatic heterocycles. The zero-order valence-electron chi connectivity index (χ0n) is 17.9. The average Bonchev–Trinajstić information content (AvgIpc) is 2.91. The normalized spacial score (nSPS) is 37.5. The quantitative estimate of drug-likeness (QED) is 0.410. The van der Waals surface area contributed by atoms with Gasteiger partial charge in [-0.3, -0.25) is 0 Å². The third kappa shape index (κ3) is 3.51. The highest BCUT2D eigenvalue weighted by atomic mass is 28.4. The van der Waals surface area contributed by atoms with Gasteiger partial charge < -0.3 is 18.6 Å². The van der Waals surface area contributed by atoms with Crippen LogP contribution in [0.1, 0.15) is 41.0 Å². The van der Waals surface area contributed by atoms with E-state index in [9.17, 15) is 0 Å². The summed E-state index contributed by atoms with van der Waals surface area (Å²) in [5, 5.41) is 0.167. The fraction of sp³-hybridized carbons (Fsp3) is 0.652. The van der Waals surface area contributed by atoms with Crippen LogP contribution in [0.2, 0.25) is 18.1 Å². The lowest BCUT2D eigenvalue weighted by Crippen LogP contribution is -2.43. The van der Waals surface area contributed by atoms with E-state index in [2.05, 4.69) is 63.6 Å². The van der Waals surface area contributed by atoms with E-state index < -0.39 is 14.1 Å². The topological polar surface area (TPSA) is 40.2 Å². The van der Waals surface area contributed by atoms with Crippen LogP contribution in [0, 0.1) is 23.7 Å². The van der Waals surface area contributed by atoms with Gasteiger partial charge in [-0.15, -0.1) is 0 Å². The van der Waals surface area contributed by atoms with Crippen molar-refractivity contribution < 1.29 is 18.6 Å². The predicted molar refractivity (Wildman–Crippen MR) is 111 cm³/mol. The molecule has 0 aromatic carbocycles. The van der Waals surface area contributed by atoms with Crippen LogP contribution >= 0.6 is 0 Å². The van der Waals surface area contributed by atoms with Crippen LogP contribution in [-0.4, -0.2) is 44.6 Å². The standard InChI is InChI=1S/C23H30O4Si/c1-21(2,3)28(6,7)27-18-13-17-12-11-16(19-15-24-22(4,5)25-19)9-8-10-20-23(17,14-18)26-20/h9,13,18-20H,14-15H2,1-7H3/b16-9+/t18-,19-,20+,23-/m1/s1. The lowest BCUT2D eigenvalue weighted by Gasteiger charge is -2.38. The van der Waals surface area contributed by atoms with Crippen molar-refractivity contribution in [1.29, 1.82) is 0 Å². The lowest BCUT2D eigenvalue weighted by atomic mass is 9.97. The molecule has 4 aliphatic rings. The van der Waals surface area contributed by atoms with E-state index in [1.807, 2.05) is 19.9 Å². The number of ether oxygens (including phenoxy) is 3. The molecular formula is C23H30O4Si. The van der Waals surface area contributed by atoms with E-state index in [1.54, 1.807) is 0 Å². The first-order valence-corrected chi connectivity index (χ1v) is 13.0. The Kier molecular flexibility index (Phi) is 4.51. The summed E-state index contributed by atoms with van der Waals surface area (Å²) >= 11 is 0. The van der Waals surface area contributed by atoms with Gasteiger partial charge in [0.15, 0.2) is 20.2 Å². The third-order valence-corrected chi connectivity index (χ3v) is 10.9. The molecule has 5 heteroatoms. The van der Waals surface area contributed by atoms with Crippen molar-refractivity contribution in [3.05, 3.63) is 23.3 Å². The largest absolute Gasteiger partial charge is 0.410 e. The molecule has 0 N–H and O–H groups in total. The molecule has 0 bridgehead atoms. The number of hydrogen-bond donors (Lipinski definition) is 0. The van der Waals surface area contributed by atoms with Gasteiger partial charge in [-0.1, -0.05) is 44.5 Å². The molecule has 150 valence electrons. The summed E-state index contributed by atoms with van der Waals surface area (Å²) in [5.74, 6) is 12.4. The van der Waals surface area contributed by atoms with Crippen molar-refractivity contribution in [2.24, 2.45) is 0 Å². The Morgan fingerprint density at radius 3 is 2.57 bits per heavy atom. The maximum Gasteiger partial charge on any atom is 0.192 e. The Morgan fingerprint density at radius 2 is 1.93 bits per heavy atom. The highest BCUT2D eigenvalue weighted by Crippen LogP contribution is 2.52. The average molecular weight is 399 g/mol. The molecule has 0 aromatic rings. The fourth-order valence-corrected chi connectivity index (χ4v) is 4.90. The van der Waals surface area contributed by atoms with Gasteiger partial charge in [0, 0.05) is 23.6 Å². The van der Waals surface area contributed by atoms with Crippen LogP contribution in [0.5, 0.6) is 0 Å². The molecule has 2 fully saturated rings. The molecule has 0 saturated carbocycles. The molecular weight excluding hydrogens is 368 g/mol. The first-order valence-electron chi connectivity index (χ1n) is 10.0. The van der Waals surface area contributed by atoms with Crippen molar-refractivity contribution in [3.8, 4) is 23.7 Å². The molecule has 0 aromatic heterocycles. The van der Waals surface area contributed by atoms with Crippen molar-refractivity contribution >= 4 is 8.32 Å². The van der Waals surface area contributed by atoms with Gasteiger partial charge in [-0.05, 0) is 38.1 Å². The molecule has 0 amide bonds. The lowest BCUT2D eigenvalue weighted by molar-refractivity contribution is -0.133. The van der Waals surface area contributed by atoms with E-state index >= 15 is 0 Å². The molecule has 4 atom stereocenters. The van der Waals surface area contributed by atoms with Crippen molar-refractivity contribution in [2.75, 3.05) is 6.61 Å². The molecule has 2 heterocycles. The molecule has 0 radical (unpaired) electrons. The van der Waals surface area contributed by atoms with Crippen LogP contribution in [0.3, 0.4) is 0 Å². The molecule has 0 unspecified atom stereocenters. The number of allylic oxidation sites excluding steroid dienone is 1. The smallest absolute Gasteiger partial charge is 0.192 e. The van der Waals surface area contributed by atoms with Crippen molar-refractivity contribution in [2.45, 2.75) is 88.9 Å². The SMILES string of the molecule is CC1(C)OC[C@H](/C2=C/C#C[C@@H]3O[C@@]34C[C@H](O[Si](C)(C)C(C)(C)C)C=C4C#C2)O1. The fourth-order valence-electron chi connectivity index (χ4n) is 3.64. The third-order valence-electron chi connectivity index (χ3n) is 6.40. The highest BCUT2D eigenvalue weighted by molar-refractivity contribution is 6.74. The second kappa shape index (κ2) is 6.33. The zero-order valence-corrected chi connectivity index (χ0v) is 18.9. The Bertz CT molecular complexity index is 868. The van der Waals surface area contributed by atoms with Crippen molar-refractivity contribution in [3.63, 3.8) is 0 Å². The summed E-state index contributed by atoms with van der Waals surface area (Å²) in [6, 6.07) is 0. The van der Waals surface area contributed by atoms with Gasteiger partial charge in [0.05, 0.1) is 12.7 Å². The van der Waals surface area contributed by atoms with Crippen LogP contribution in [-0.2, 0) is 18.6 Å². The van der Waals surface area contributed by atoms with Crippen LogP contribution < -0.4 is 0 Å². The summed E-state index contributed by atoms with van der Waals surface area (Å²) < 4.78 is 24.3. The Balaban J connectivity index is 1.58. The second-order valence-electron chi connectivity index (χ2n) is 10.0. The summed E-state index contributed by atoms with van der Waals surface area (Å²) in [5.41, 5.74) is 1.48. The predicted octanol–water partition coefficient (Wildman–Crippen LogP) is 3.94. The number of epoxide rings is 1. The molecule has 1 spiro atoms.